The fourth-order valence-corrected chi connectivity index (χ4v) is 3.77. The SMILES string of the molecule is CCNC(=NCC1(C)CCCO1)NCC(c1ccc(F)cc1)N1CCOCC1.I. The van der Waals surface area contributed by atoms with E-state index in [0.29, 0.717) is 13.1 Å². The van der Waals surface area contributed by atoms with Crippen LogP contribution >= 0.6 is 24.0 Å². The third-order valence-corrected chi connectivity index (χ3v) is 5.42. The molecule has 2 heterocycles. The first kappa shape index (κ1) is 24.3. The molecule has 1 aromatic carbocycles. The predicted molar refractivity (Wildman–Crippen MR) is 125 cm³/mol. The summed E-state index contributed by atoms with van der Waals surface area (Å²) in [5.74, 6) is 0.580. The Bertz CT molecular complexity index is 632. The number of nitrogens with zero attached hydrogens (tertiary/aromatic N) is 2. The highest BCUT2D eigenvalue weighted by Crippen LogP contribution is 2.25. The third-order valence-electron chi connectivity index (χ3n) is 5.42. The van der Waals surface area contributed by atoms with Crippen LogP contribution in [0.5, 0.6) is 0 Å². The molecule has 2 aliphatic heterocycles. The van der Waals surface area contributed by atoms with Gasteiger partial charge in [0.1, 0.15) is 5.82 Å². The molecule has 2 unspecified atom stereocenters. The second-order valence-corrected chi connectivity index (χ2v) is 7.69. The maximum Gasteiger partial charge on any atom is 0.191 e. The average molecular weight is 520 g/mol. The molecular formula is C21H34FIN4O2. The zero-order valence-corrected chi connectivity index (χ0v) is 19.8. The molecule has 6 nitrogen and oxygen atoms in total. The van der Waals surface area contributed by atoms with E-state index >= 15 is 0 Å². The molecule has 2 N–H and O–H groups in total. The van der Waals surface area contributed by atoms with Gasteiger partial charge in [-0.05, 0) is 44.4 Å². The lowest BCUT2D eigenvalue weighted by molar-refractivity contribution is 0.0169. The number of ether oxygens (including phenoxy) is 2. The van der Waals surface area contributed by atoms with Crippen LogP contribution in [0, 0.1) is 5.82 Å². The Labute approximate surface area is 190 Å². The van der Waals surface area contributed by atoms with Gasteiger partial charge in [-0.15, -0.1) is 24.0 Å². The maximum absolute atomic E-state index is 13.4. The van der Waals surface area contributed by atoms with E-state index in [-0.39, 0.29) is 41.4 Å². The van der Waals surface area contributed by atoms with Crippen molar-refractivity contribution in [1.82, 2.24) is 15.5 Å². The monoisotopic (exact) mass is 520 g/mol. The Kier molecular flexibility index (Phi) is 10.1. The number of hydrogen-bond acceptors (Lipinski definition) is 4. The summed E-state index contributed by atoms with van der Waals surface area (Å²) in [4.78, 5) is 7.14. The summed E-state index contributed by atoms with van der Waals surface area (Å²) >= 11 is 0. The number of nitrogens with one attached hydrogen (secondary N) is 2. The molecule has 8 heteroatoms. The molecule has 0 saturated carbocycles. The quantitative estimate of drug-likeness (QED) is 0.329. The van der Waals surface area contributed by atoms with E-state index in [2.05, 4.69) is 29.4 Å². The van der Waals surface area contributed by atoms with Crippen molar-refractivity contribution < 1.29 is 13.9 Å². The zero-order valence-electron chi connectivity index (χ0n) is 17.5. The minimum absolute atomic E-state index is 0. The second kappa shape index (κ2) is 12.0. The molecule has 2 saturated heterocycles. The highest BCUT2D eigenvalue weighted by molar-refractivity contribution is 14.0. The molecule has 0 aromatic heterocycles. The first-order valence-electron chi connectivity index (χ1n) is 10.3. The number of benzene rings is 1. The van der Waals surface area contributed by atoms with Crippen LogP contribution in [-0.4, -0.2) is 69.0 Å². The smallest absolute Gasteiger partial charge is 0.191 e. The van der Waals surface area contributed by atoms with Gasteiger partial charge in [0, 0.05) is 32.8 Å². The number of halogens is 2. The highest BCUT2D eigenvalue weighted by Gasteiger charge is 2.29. The molecule has 29 heavy (non-hydrogen) atoms. The van der Waals surface area contributed by atoms with Gasteiger partial charge in [0.2, 0.25) is 0 Å². The fraction of sp³-hybridized carbons (Fsp3) is 0.667. The van der Waals surface area contributed by atoms with Crippen LogP contribution in [0.25, 0.3) is 0 Å². The molecule has 164 valence electrons. The fourth-order valence-electron chi connectivity index (χ4n) is 3.77. The van der Waals surface area contributed by atoms with Gasteiger partial charge >= 0.3 is 0 Å². The minimum atomic E-state index is -0.211. The van der Waals surface area contributed by atoms with Gasteiger partial charge in [0.25, 0.3) is 0 Å². The summed E-state index contributed by atoms with van der Waals surface area (Å²) in [5, 5.41) is 6.80. The lowest BCUT2D eigenvalue weighted by atomic mass is 10.0. The third kappa shape index (κ3) is 7.34. The van der Waals surface area contributed by atoms with Crippen LogP contribution < -0.4 is 10.6 Å². The van der Waals surface area contributed by atoms with Gasteiger partial charge < -0.3 is 20.1 Å². The number of guanidine groups is 1. The largest absolute Gasteiger partial charge is 0.379 e. The molecular weight excluding hydrogens is 486 g/mol. The summed E-state index contributed by atoms with van der Waals surface area (Å²) in [6.45, 7) is 10.3. The number of aliphatic imine (C=N–C) groups is 1. The Hall–Kier alpha value is -0.970. The first-order chi connectivity index (χ1) is 13.6. The van der Waals surface area contributed by atoms with Crippen molar-refractivity contribution in [2.75, 3.05) is 52.5 Å². The van der Waals surface area contributed by atoms with Gasteiger partial charge in [-0.1, -0.05) is 12.1 Å². The average Bonchev–Trinajstić information content (AvgIpc) is 3.15. The summed E-state index contributed by atoms with van der Waals surface area (Å²) in [7, 11) is 0. The second-order valence-electron chi connectivity index (χ2n) is 7.69. The maximum atomic E-state index is 13.4. The van der Waals surface area contributed by atoms with E-state index in [1.165, 1.54) is 12.1 Å². The Balaban J connectivity index is 0.00000300. The Morgan fingerprint density at radius 3 is 2.55 bits per heavy atom. The molecule has 0 bridgehead atoms. The van der Waals surface area contributed by atoms with Crippen LogP contribution in [-0.2, 0) is 9.47 Å². The van der Waals surface area contributed by atoms with Crippen molar-refractivity contribution in [3.63, 3.8) is 0 Å². The van der Waals surface area contributed by atoms with Gasteiger partial charge in [-0.2, -0.15) is 0 Å². The van der Waals surface area contributed by atoms with Crippen molar-refractivity contribution in [2.45, 2.75) is 38.3 Å². The molecule has 3 rings (SSSR count). The van der Waals surface area contributed by atoms with E-state index in [1.54, 1.807) is 0 Å². The van der Waals surface area contributed by atoms with Crippen LogP contribution in [0.2, 0.25) is 0 Å². The van der Waals surface area contributed by atoms with Crippen molar-refractivity contribution in [3.05, 3.63) is 35.6 Å². The minimum Gasteiger partial charge on any atom is -0.379 e. The standard InChI is InChI=1S/C21H33FN4O2.HI/c1-3-23-20(25-16-21(2)9-4-12-28-21)24-15-19(26-10-13-27-14-11-26)17-5-7-18(22)8-6-17;/h5-8,19H,3-4,9-16H2,1-2H3,(H2,23,24,25);1H. The molecule has 2 atom stereocenters. The van der Waals surface area contributed by atoms with E-state index in [1.807, 2.05) is 12.1 Å². The number of morpholine rings is 1. The predicted octanol–water partition coefficient (Wildman–Crippen LogP) is 2.94. The van der Waals surface area contributed by atoms with Crippen LogP contribution in [0.1, 0.15) is 38.3 Å². The summed E-state index contributed by atoms with van der Waals surface area (Å²) in [6.07, 6.45) is 2.14. The summed E-state index contributed by atoms with van der Waals surface area (Å²) in [5.41, 5.74) is 0.931. The first-order valence-corrected chi connectivity index (χ1v) is 10.3. The van der Waals surface area contributed by atoms with E-state index < -0.39 is 0 Å². The van der Waals surface area contributed by atoms with E-state index in [4.69, 9.17) is 14.5 Å². The molecule has 0 spiro atoms. The molecule has 0 aliphatic carbocycles. The van der Waals surface area contributed by atoms with Crippen LogP contribution in [0.3, 0.4) is 0 Å². The summed E-state index contributed by atoms with van der Waals surface area (Å²) < 4.78 is 24.8. The molecule has 1 aromatic rings. The molecule has 0 radical (unpaired) electrons. The summed E-state index contributed by atoms with van der Waals surface area (Å²) in [6, 6.07) is 6.93. The van der Waals surface area contributed by atoms with Crippen LogP contribution in [0.15, 0.2) is 29.3 Å². The molecule has 2 aliphatic rings. The lowest BCUT2D eigenvalue weighted by Crippen LogP contribution is -2.46. The topological polar surface area (TPSA) is 58.1 Å². The van der Waals surface area contributed by atoms with Crippen molar-refractivity contribution in [3.8, 4) is 0 Å². The zero-order chi connectivity index (χ0) is 19.8. The van der Waals surface area contributed by atoms with Crippen molar-refractivity contribution in [2.24, 2.45) is 4.99 Å². The Morgan fingerprint density at radius 2 is 1.93 bits per heavy atom. The Morgan fingerprint density at radius 1 is 1.21 bits per heavy atom. The van der Waals surface area contributed by atoms with Crippen LogP contribution in [0.4, 0.5) is 4.39 Å². The number of hydrogen-bond donors (Lipinski definition) is 2. The van der Waals surface area contributed by atoms with Gasteiger partial charge in [0.15, 0.2) is 5.96 Å². The lowest BCUT2D eigenvalue weighted by Gasteiger charge is -2.35. The van der Waals surface area contributed by atoms with Crippen molar-refractivity contribution in [1.29, 1.82) is 0 Å². The molecule has 2 fully saturated rings. The number of rotatable bonds is 7. The normalized spacial score (nSPS) is 24.0. The van der Waals surface area contributed by atoms with E-state index in [9.17, 15) is 4.39 Å². The molecule has 0 amide bonds. The van der Waals surface area contributed by atoms with Gasteiger partial charge in [-0.25, -0.2) is 4.39 Å². The van der Waals surface area contributed by atoms with Gasteiger partial charge in [-0.3, -0.25) is 9.89 Å². The highest BCUT2D eigenvalue weighted by atomic mass is 127. The van der Waals surface area contributed by atoms with Gasteiger partial charge in [0.05, 0.1) is 31.4 Å². The van der Waals surface area contributed by atoms with E-state index in [0.717, 1.165) is 63.8 Å². The van der Waals surface area contributed by atoms with Crippen molar-refractivity contribution >= 4 is 29.9 Å².